The number of carbonyl (C=O) groups excluding carboxylic acids is 1. The number of aryl methyl sites for hydroxylation is 2. The van der Waals surface area contributed by atoms with Gasteiger partial charge < -0.3 is 5.32 Å². The summed E-state index contributed by atoms with van der Waals surface area (Å²) in [6.07, 6.45) is 0.924. The van der Waals surface area contributed by atoms with Gasteiger partial charge in [-0.1, -0.05) is 72.1 Å². The van der Waals surface area contributed by atoms with Crippen molar-refractivity contribution in [1.29, 1.82) is 0 Å². The van der Waals surface area contributed by atoms with Gasteiger partial charge in [0.05, 0.1) is 21.6 Å². The lowest BCUT2D eigenvalue weighted by molar-refractivity contribution is -0.120. The number of benzene rings is 3. The van der Waals surface area contributed by atoms with E-state index in [4.69, 9.17) is 23.2 Å². The number of rotatable bonds is 8. The molecular weight excluding hydrogens is 479 g/mol. The molecule has 1 amide bonds. The molecule has 0 aromatic heterocycles. The summed E-state index contributed by atoms with van der Waals surface area (Å²) in [5.41, 5.74) is 3.18. The van der Waals surface area contributed by atoms with E-state index >= 15 is 0 Å². The zero-order valence-corrected chi connectivity index (χ0v) is 21.0. The summed E-state index contributed by atoms with van der Waals surface area (Å²) in [5, 5.41) is 3.36. The standard InChI is InChI=1S/C25H26Cl2N2O3S/c1-4-19-7-9-20(10-8-19)18(3)28-25(30)16-29(24-15-21(26)11-14-23(24)27)33(31,32)22-12-5-17(2)6-13-22/h5-15,18H,4,16H2,1-3H3,(H,28,30)/t18-/m1/s1. The van der Waals surface area contributed by atoms with Crippen LogP contribution >= 0.6 is 23.2 Å². The summed E-state index contributed by atoms with van der Waals surface area (Å²) in [7, 11) is -4.09. The second-order valence-corrected chi connectivity index (χ2v) is 10.5. The molecule has 0 unspecified atom stereocenters. The van der Waals surface area contributed by atoms with Crippen LogP contribution in [0.5, 0.6) is 0 Å². The summed E-state index contributed by atoms with van der Waals surface area (Å²) in [6, 6.07) is 18.6. The van der Waals surface area contributed by atoms with Crippen LogP contribution in [0, 0.1) is 6.92 Å². The molecule has 3 rings (SSSR count). The second-order valence-electron chi connectivity index (χ2n) is 7.80. The zero-order valence-electron chi connectivity index (χ0n) is 18.7. The average molecular weight is 505 g/mol. The van der Waals surface area contributed by atoms with E-state index in [-0.39, 0.29) is 21.6 Å². The fourth-order valence-corrected chi connectivity index (χ4v) is 5.22. The number of nitrogens with one attached hydrogen (secondary N) is 1. The highest BCUT2D eigenvalue weighted by atomic mass is 35.5. The Hall–Kier alpha value is -2.54. The van der Waals surface area contributed by atoms with Gasteiger partial charge in [-0.25, -0.2) is 8.42 Å². The van der Waals surface area contributed by atoms with E-state index in [1.54, 1.807) is 18.2 Å². The smallest absolute Gasteiger partial charge is 0.264 e. The van der Waals surface area contributed by atoms with Crippen LogP contribution < -0.4 is 9.62 Å². The van der Waals surface area contributed by atoms with Crippen molar-refractivity contribution in [3.8, 4) is 0 Å². The van der Waals surface area contributed by atoms with Gasteiger partial charge in [0.15, 0.2) is 0 Å². The van der Waals surface area contributed by atoms with Crippen molar-refractivity contribution in [3.63, 3.8) is 0 Å². The fourth-order valence-electron chi connectivity index (χ4n) is 3.36. The monoisotopic (exact) mass is 504 g/mol. The molecule has 33 heavy (non-hydrogen) atoms. The average Bonchev–Trinajstić information content (AvgIpc) is 2.79. The normalized spacial score (nSPS) is 12.3. The molecule has 5 nitrogen and oxygen atoms in total. The number of anilines is 1. The lowest BCUT2D eigenvalue weighted by Crippen LogP contribution is -2.41. The molecule has 0 aliphatic rings. The molecule has 1 N–H and O–H groups in total. The largest absolute Gasteiger partial charge is 0.348 e. The topological polar surface area (TPSA) is 66.5 Å². The van der Waals surface area contributed by atoms with Crippen LogP contribution in [0.3, 0.4) is 0 Å². The number of sulfonamides is 1. The number of halogens is 2. The SMILES string of the molecule is CCc1ccc([C@@H](C)NC(=O)CN(c2cc(Cl)ccc2Cl)S(=O)(=O)c2ccc(C)cc2)cc1. The molecule has 8 heteroatoms. The summed E-state index contributed by atoms with van der Waals surface area (Å²) >= 11 is 12.4. The van der Waals surface area contributed by atoms with Crippen LogP contribution in [0.25, 0.3) is 0 Å². The van der Waals surface area contributed by atoms with Gasteiger partial charge in [0, 0.05) is 5.02 Å². The number of nitrogens with zero attached hydrogens (tertiary/aromatic N) is 1. The Bertz CT molecular complexity index is 1230. The van der Waals surface area contributed by atoms with Crippen molar-refractivity contribution in [2.75, 3.05) is 10.8 Å². The van der Waals surface area contributed by atoms with Crippen LogP contribution in [0.1, 0.15) is 36.6 Å². The van der Waals surface area contributed by atoms with Crippen molar-refractivity contribution in [2.24, 2.45) is 0 Å². The molecule has 3 aromatic carbocycles. The Labute approximate surface area is 205 Å². The third-order valence-electron chi connectivity index (χ3n) is 5.34. The summed E-state index contributed by atoms with van der Waals surface area (Å²) < 4.78 is 28.0. The minimum atomic E-state index is -4.09. The zero-order chi connectivity index (χ0) is 24.2. The summed E-state index contributed by atoms with van der Waals surface area (Å²) in [6.45, 7) is 5.34. The molecule has 0 bridgehead atoms. The third kappa shape index (κ3) is 6.08. The number of hydrogen-bond donors (Lipinski definition) is 1. The van der Waals surface area contributed by atoms with Crippen LogP contribution in [0.15, 0.2) is 71.6 Å². The van der Waals surface area contributed by atoms with E-state index in [1.165, 1.54) is 29.8 Å². The highest BCUT2D eigenvalue weighted by molar-refractivity contribution is 7.92. The lowest BCUT2D eigenvalue weighted by atomic mass is 10.1. The number of hydrogen-bond acceptors (Lipinski definition) is 3. The molecule has 3 aromatic rings. The Kier molecular flexibility index (Phi) is 8.05. The molecule has 1 atom stereocenters. The molecule has 0 radical (unpaired) electrons. The van der Waals surface area contributed by atoms with Gasteiger partial charge in [-0.15, -0.1) is 0 Å². The maximum atomic E-state index is 13.5. The first-order valence-electron chi connectivity index (χ1n) is 10.5. The third-order valence-corrected chi connectivity index (χ3v) is 7.67. The van der Waals surface area contributed by atoms with Crippen molar-refractivity contribution in [1.82, 2.24) is 5.32 Å². The highest BCUT2D eigenvalue weighted by Gasteiger charge is 2.29. The van der Waals surface area contributed by atoms with Crippen LogP contribution in [-0.4, -0.2) is 20.9 Å². The summed E-state index contributed by atoms with van der Waals surface area (Å²) in [4.78, 5) is 13.0. The van der Waals surface area contributed by atoms with Gasteiger partial charge >= 0.3 is 0 Å². The molecule has 0 aliphatic heterocycles. The predicted octanol–water partition coefficient (Wildman–Crippen LogP) is 5.94. The van der Waals surface area contributed by atoms with Crippen molar-refractivity contribution >= 4 is 44.8 Å². The van der Waals surface area contributed by atoms with E-state index in [2.05, 4.69) is 12.2 Å². The molecule has 174 valence electrons. The molecule has 0 heterocycles. The Morgan fingerprint density at radius 1 is 1.00 bits per heavy atom. The first kappa shape index (κ1) is 25.1. The van der Waals surface area contributed by atoms with Gasteiger partial charge in [-0.3, -0.25) is 9.10 Å². The van der Waals surface area contributed by atoms with Crippen LogP contribution in [-0.2, 0) is 21.2 Å². The van der Waals surface area contributed by atoms with Gasteiger partial charge in [-0.2, -0.15) is 0 Å². The van der Waals surface area contributed by atoms with E-state index < -0.39 is 22.5 Å². The van der Waals surface area contributed by atoms with Gasteiger partial charge in [0.2, 0.25) is 5.91 Å². The van der Waals surface area contributed by atoms with Crippen molar-refractivity contribution in [2.45, 2.75) is 38.1 Å². The highest BCUT2D eigenvalue weighted by Crippen LogP contribution is 2.33. The molecule has 0 aliphatic carbocycles. The van der Waals surface area contributed by atoms with Gasteiger partial charge in [0.25, 0.3) is 10.0 Å². The maximum absolute atomic E-state index is 13.5. The second kappa shape index (κ2) is 10.6. The Morgan fingerprint density at radius 3 is 2.24 bits per heavy atom. The van der Waals surface area contributed by atoms with Gasteiger partial charge in [0.1, 0.15) is 6.54 Å². The first-order chi connectivity index (χ1) is 15.6. The first-order valence-corrected chi connectivity index (χ1v) is 12.7. The van der Waals surface area contributed by atoms with E-state index in [1.807, 2.05) is 38.1 Å². The van der Waals surface area contributed by atoms with E-state index in [0.29, 0.717) is 5.02 Å². The number of amides is 1. The van der Waals surface area contributed by atoms with Crippen LogP contribution in [0.4, 0.5) is 5.69 Å². The van der Waals surface area contributed by atoms with Crippen LogP contribution in [0.2, 0.25) is 10.0 Å². The van der Waals surface area contributed by atoms with Crippen molar-refractivity contribution in [3.05, 3.63) is 93.5 Å². The fraction of sp³-hybridized carbons (Fsp3) is 0.240. The molecule has 0 saturated heterocycles. The minimum absolute atomic E-state index is 0.0557. The van der Waals surface area contributed by atoms with E-state index in [0.717, 1.165) is 21.9 Å². The maximum Gasteiger partial charge on any atom is 0.264 e. The molecule has 0 saturated carbocycles. The molecule has 0 fully saturated rings. The number of carbonyl (C=O) groups is 1. The minimum Gasteiger partial charge on any atom is -0.348 e. The van der Waals surface area contributed by atoms with Crippen molar-refractivity contribution < 1.29 is 13.2 Å². The van der Waals surface area contributed by atoms with Gasteiger partial charge in [-0.05, 0) is 61.7 Å². The quantitative estimate of drug-likeness (QED) is 0.412. The molecule has 0 spiro atoms. The predicted molar refractivity (Wildman–Crippen MR) is 135 cm³/mol. The Morgan fingerprint density at radius 2 is 1.64 bits per heavy atom. The molecular formula is C25H26Cl2N2O3S. The van der Waals surface area contributed by atoms with E-state index in [9.17, 15) is 13.2 Å². The summed E-state index contributed by atoms with van der Waals surface area (Å²) in [5.74, 6) is -0.464. The Balaban J connectivity index is 1.91. The lowest BCUT2D eigenvalue weighted by Gasteiger charge is -2.26.